The van der Waals surface area contributed by atoms with Gasteiger partial charge in [0.15, 0.2) is 5.82 Å². The summed E-state index contributed by atoms with van der Waals surface area (Å²) < 4.78 is 0. The van der Waals surface area contributed by atoms with Crippen molar-refractivity contribution in [2.45, 2.75) is 25.9 Å². The van der Waals surface area contributed by atoms with Gasteiger partial charge in [-0.25, -0.2) is 4.98 Å². The summed E-state index contributed by atoms with van der Waals surface area (Å²) in [6.07, 6.45) is 2.07. The summed E-state index contributed by atoms with van der Waals surface area (Å²) in [4.78, 5) is 14.8. The number of pyridine rings is 1. The third-order valence-corrected chi connectivity index (χ3v) is 5.77. The standard InChI is InChI=1S/C18H30N6/c1-14(2)23-8-9-24-16(13-23)12-19-17-10-15(11-20-18(17)24)22-6-4-21(3)5-7-22/h10-11,14,16,19H,4-9,12-13H2,1-3H3/t16-/m1/s1. The van der Waals surface area contributed by atoms with Crippen LogP contribution in [0.25, 0.3) is 0 Å². The Bertz CT molecular complexity index is 581. The Morgan fingerprint density at radius 2 is 1.92 bits per heavy atom. The fraction of sp³-hybridized carbons (Fsp3) is 0.722. The molecule has 0 unspecified atom stereocenters. The van der Waals surface area contributed by atoms with Crippen LogP contribution in [0, 0.1) is 0 Å². The highest BCUT2D eigenvalue weighted by atomic mass is 15.4. The van der Waals surface area contributed by atoms with E-state index in [-0.39, 0.29) is 0 Å². The molecule has 0 aliphatic carbocycles. The van der Waals surface area contributed by atoms with Crippen LogP contribution < -0.4 is 15.1 Å². The second kappa shape index (κ2) is 6.41. The molecule has 24 heavy (non-hydrogen) atoms. The lowest BCUT2D eigenvalue weighted by Gasteiger charge is -2.47. The van der Waals surface area contributed by atoms with E-state index in [4.69, 9.17) is 4.98 Å². The Hall–Kier alpha value is -1.53. The molecule has 6 heteroatoms. The van der Waals surface area contributed by atoms with Gasteiger partial charge >= 0.3 is 0 Å². The maximum Gasteiger partial charge on any atom is 0.152 e. The van der Waals surface area contributed by atoms with E-state index < -0.39 is 0 Å². The third kappa shape index (κ3) is 2.93. The lowest BCUT2D eigenvalue weighted by molar-refractivity contribution is 0.182. The summed E-state index contributed by atoms with van der Waals surface area (Å²) in [5, 5.41) is 3.64. The third-order valence-electron chi connectivity index (χ3n) is 5.77. The quantitative estimate of drug-likeness (QED) is 0.877. The van der Waals surface area contributed by atoms with E-state index in [9.17, 15) is 0 Å². The highest BCUT2D eigenvalue weighted by molar-refractivity contribution is 5.73. The fourth-order valence-electron chi connectivity index (χ4n) is 4.07. The molecule has 0 amide bonds. The molecule has 4 heterocycles. The molecule has 0 saturated carbocycles. The average molecular weight is 330 g/mol. The zero-order valence-electron chi connectivity index (χ0n) is 15.2. The number of nitrogens with one attached hydrogen (secondary N) is 1. The predicted molar refractivity (Wildman–Crippen MR) is 100 cm³/mol. The van der Waals surface area contributed by atoms with Gasteiger partial charge in [0, 0.05) is 58.4 Å². The molecule has 0 spiro atoms. The second-order valence-corrected chi connectivity index (χ2v) is 7.67. The van der Waals surface area contributed by atoms with Crippen molar-refractivity contribution in [3.05, 3.63) is 12.3 Å². The summed E-state index contributed by atoms with van der Waals surface area (Å²) in [6, 6.07) is 3.47. The van der Waals surface area contributed by atoms with E-state index in [1.54, 1.807) is 0 Å². The maximum atomic E-state index is 4.86. The zero-order chi connectivity index (χ0) is 16.7. The largest absolute Gasteiger partial charge is 0.380 e. The minimum atomic E-state index is 0.538. The normalized spacial score (nSPS) is 25.4. The van der Waals surface area contributed by atoms with Crippen molar-refractivity contribution in [3.63, 3.8) is 0 Å². The molecular formula is C18H30N6. The molecule has 3 aliphatic heterocycles. The van der Waals surface area contributed by atoms with E-state index in [1.165, 1.54) is 11.4 Å². The summed E-state index contributed by atoms with van der Waals surface area (Å²) in [5.74, 6) is 1.15. The molecular weight excluding hydrogens is 300 g/mol. The van der Waals surface area contributed by atoms with Gasteiger partial charge in [-0.05, 0) is 27.0 Å². The van der Waals surface area contributed by atoms with Crippen LogP contribution in [0.15, 0.2) is 12.3 Å². The van der Waals surface area contributed by atoms with Gasteiger partial charge in [0.1, 0.15) is 0 Å². The van der Waals surface area contributed by atoms with Crippen molar-refractivity contribution in [1.82, 2.24) is 14.8 Å². The van der Waals surface area contributed by atoms with Gasteiger partial charge in [-0.3, -0.25) is 4.90 Å². The first-order chi connectivity index (χ1) is 11.6. The molecule has 3 aliphatic rings. The van der Waals surface area contributed by atoms with Gasteiger partial charge in [-0.2, -0.15) is 0 Å². The van der Waals surface area contributed by atoms with Crippen LogP contribution >= 0.6 is 0 Å². The topological polar surface area (TPSA) is 37.9 Å². The number of aromatic nitrogens is 1. The minimum absolute atomic E-state index is 0.538. The van der Waals surface area contributed by atoms with Gasteiger partial charge in [-0.1, -0.05) is 0 Å². The van der Waals surface area contributed by atoms with Crippen LogP contribution in [0.1, 0.15) is 13.8 Å². The van der Waals surface area contributed by atoms with Crippen molar-refractivity contribution in [1.29, 1.82) is 0 Å². The van der Waals surface area contributed by atoms with E-state index in [1.807, 2.05) is 0 Å². The Kier molecular flexibility index (Phi) is 4.26. The van der Waals surface area contributed by atoms with Crippen LogP contribution in [0.4, 0.5) is 17.2 Å². The first-order valence-electron chi connectivity index (χ1n) is 9.30. The van der Waals surface area contributed by atoms with Crippen molar-refractivity contribution in [2.24, 2.45) is 0 Å². The second-order valence-electron chi connectivity index (χ2n) is 7.67. The molecule has 4 rings (SSSR count). The number of nitrogens with zero attached hydrogens (tertiary/aromatic N) is 5. The minimum Gasteiger partial charge on any atom is -0.380 e. The molecule has 0 aromatic carbocycles. The van der Waals surface area contributed by atoms with Crippen molar-refractivity contribution >= 4 is 17.2 Å². The van der Waals surface area contributed by atoms with Gasteiger partial charge in [0.05, 0.1) is 23.6 Å². The molecule has 1 aromatic rings. The van der Waals surface area contributed by atoms with Gasteiger partial charge < -0.3 is 20.0 Å². The molecule has 1 aromatic heterocycles. The van der Waals surface area contributed by atoms with E-state index in [0.717, 1.165) is 58.2 Å². The predicted octanol–water partition coefficient (Wildman–Crippen LogP) is 1.16. The zero-order valence-corrected chi connectivity index (χ0v) is 15.2. The molecule has 2 fully saturated rings. The Balaban J connectivity index is 1.51. The summed E-state index contributed by atoms with van der Waals surface area (Å²) >= 11 is 0. The molecule has 132 valence electrons. The van der Waals surface area contributed by atoms with Crippen LogP contribution in [-0.4, -0.2) is 86.3 Å². The highest BCUT2D eigenvalue weighted by Crippen LogP contribution is 2.34. The molecule has 1 N–H and O–H groups in total. The number of likely N-dealkylation sites (N-methyl/N-ethyl adjacent to an activating group) is 1. The number of fused-ring (bicyclic) bond motifs is 3. The summed E-state index contributed by atoms with van der Waals surface area (Å²) in [7, 11) is 2.20. The van der Waals surface area contributed by atoms with E-state index >= 15 is 0 Å². The first kappa shape index (κ1) is 16.0. The number of piperazine rings is 2. The number of hydrogen-bond donors (Lipinski definition) is 1. The Labute approximate surface area is 145 Å². The van der Waals surface area contributed by atoms with Gasteiger partial charge in [0.2, 0.25) is 0 Å². The lowest BCUT2D eigenvalue weighted by atomic mass is 10.1. The van der Waals surface area contributed by atoms with Crippen LogP contribution in [0.3, 0.4) is 0 Å². The van der Waals surface area contributed by atoms with Crippen molar-refractivity contribution in [3.8, 4) is 0 Å². The molecule has 0 bridgehead atoms. The summed E-state index contributed by atoms with van der Waals surface area (Å²) in [5.41, 5.74) is 2.47. The van der Waals surface area contributed by atoms with Crippen molar-refractivity contribution in [2.75, 3.05) is 74.5 Å². The lowest BCUT2D eigenvalue weighted by Crippen LogP contribution is -2.59. The molecule has 0 radical (unpaired) electrons. The Morgan fingerprint density at radius 1 is 1.12 bits per heavy atom. The maximum absolute atomic E-state index is 4.86. The molecule has 2 saturated heterocycles. The van der Waals surface area contributed by atoms with Crippen LogP contribution in [-0.2, 0) is 0 Å². The Morgan fingerprint density at radius 3 is 2.67 bits per heavy atom. The van der Waals surface area contributed by atoms with Gasteiger partial charge in [-0.15, -0.1) is 0 Å². The van der Waals surface area contributed by atoms with Crippen LogP contribution in [0.5, 0.6) is 0 Å². The van der Waals surface area contributed by atoms with Crippen molar-refractivity contribution < 1.29 is 0 Å². The number of rotatable bonds is 2. The SMILES string of the molecule is CC(C)N1CCN2c3ncc(N4CCN(C)CC4)cc3NC[C@@H]2C1. The number of hydrogen-bond acceptors (Lipinski definition) is 6. The van der Waals surface area contributed by atoms with E-state index in [0.29, 0.717) is 12.1 Å². The molecule has 6 nitrogen and oxygen atoms in total. The average Bonchev–Trinajstić information content (AvgIpc) is 2.61. The summed E-state index contributed by atoms with van der Waals surface area (Å²) in [6.45, 7) is 13.4. The smallest absolute Gasteiger partial charge is 0.152 e. The first-order valence-corrected chi connectivity index (χ1v) is 9.30. The monoisotopic (exact) mass is 330 g/mol. The number of anilines is 3. The fourth-order valence-corrected chi connectivity index (χ4v) is 4.07. The van der Waals surface area contributed by atoms with E-state index in [2.05, 4.69) is 58.1 Å². The molecule has 1 atom stereocenters. The van der Waals surface area contributed by atoms with Crippen LogP contribution in [0.2, 0.25) is 0 Å². The highest BCUT2D eigenvalue weighted by Gasteiger charge is 2.33. The van der Waals surface area contributed by atoms with Gasteiger partial charge in [0.25, 0.3) is 0 Å².